The fraction of sp³-hybridized carbons (Fsp3) is 0.333. The molecule has 0 radical (unpaired) electrons. The van der Waals surface area contributed by atoms with Crippen molar-refractivity contribution in [1.82, 2.24) is 0 Å². The zero-order chi connectivity index (χ0) is 14.0. The fourth-order valence-corrected chi connectivity index (χ4v) is 1.94. The second kappa shape index (κ2) is 5.45. The van der Waals surface area contributed by atoms with Crippen molar-refractivity contribution in [2.75, 3.05) is 6.26 Å². The van der Waals surface area contributed by atoms with Crippen LogP contribution in [0.15, 0.2) is 22.7 Å². The van der Waals surface area contributed by atoms with E-state index in [1.165, 1.54) is 6.07 Å². The molecule has 0 saturated carbocycles. The van der Waals surface area contributed by atoms with Gasteiger partial charge in [-0.25, -0.2) is 0 Å². The molecule has 0 amide bonds. The van der Waals surface area contributed by atoms with Crippen LogP contribution in [0.25, 0.3) is 0 Å². The van der Waals surface area contributed by atoms with E-state index in [9.17, 15) is 21.6 Å². The Kier molecular flexibility index (Phi) is 4.62. The maximum Gasteiger partial charge on any atom is 0.573 e. The number of rotatable bonds is 4. The molecule has 1 rings (SSSR count). The third-order valence-electron chi connectivity index (χ3n) is 1.60. The Morgan fingerprint density at radius 1 is 1.28 bits per heavy atom. The first-order chi connectivity index (χ1) is 8.05. The number of benzene rings is 1. The van der Waals surface area contributed by atoms with Gasteiger partial charge in [-0.05, 0) is 23.8 Å². The van der Waals surface area contributed by atoms with Crippen molar-refractivity contribution in [2.24, 2.45) is 0 Å². The summed E-state index contributed by atoms with van der Waals surface area (Å²) in [7, 11) is -3.66. The quantitative estimate of drug-likeness (QED) is 0.785. The second-order valence-corrected chi connectivity index (χ2v) is 5.87. The van der Waals surface area contributed by atoms with Crippen LogP contribution in [0.5, 0.6) is 5.75 Å². The SMILES string of the molecule is CS(=O)(=O)OCc1cc(Br)cc(OC(F)(F)F)c1. The summed E-state index contributed by atoms with van der Waals surface area (Å²) >= 11 is 2.99. The highest BCUT2D eigenvalue weighted by atomic mass is 79.9. The molecule has 0 saturated heterocycles. The first kappa shape index (κ1) is 15.3. The highest BCUT2D eigenvalue weighted by molar-refractivity contribution is 9.10. The number of hydrogen-bond acceptors (Lipinski definition) is 4. The van der Waals surface area contributed by atoms with Crippen molar-refractivity contribution in [3.63, 3.8) is 0 Å². The van der Waals surface area contributed by atoms with Crippen LogP contribution in [0.4, 0.5) is 13.2 Å². The van der Waals surface area contributed by atoms with Crippen molar-refractivity contribution in [2.45, 2.75) is 13.0 Å². The lowest BCUT2D eigenvalue weighted by Gasteiger charge is -2.10. The largest absolute Gasteiger partial charge is 0.573 e. The summed E-state index contributed by atoms with van der Waals surface area (Å²) in [4.78, 5) is 0. The van der Waals surface area contributed by atoms with E-state index in [0.29, 0.717) is 4.47 Å². The van der Waals surface area contributed by atoms with Gasteiger partial charge in [-0.2, -0.15) is 8.42 Å². The fourth-order valence-electron chi connectivity index (χ4n) is 1.07. The van der Waals surface area contributed by atoms with Gasteiger partial charge in [-0.1, -0.05) is 15.9 Å². The molecular weight excluding hydrogens is 341 g/mol. The molecule has 1 aromatic rings. The highest BCUT2D eigenvalue weighted by Gasteiger charge is 2.31. The molecule has 0 spiro atoms. The maximum atomic E-state index is 12.0. The smallest absolute Gasteiger partial charge is 0.406 e. The minimum atomic E-state index is -4.81. The van der Waals surface area contributed by atoms with Crippen LogP contribution < -0.4 is 4.74 Å². The predicted molar refractivity (Wildman–Crippen MR) is 60.5 cm³/mol. The van der Waals surface area contributed by atoms with Gasteiger partial charge in [0.2, 0.25) is 0 Å². The first-order valence-corrected chi connectivity index (χ1v) is 7.06. The van der Waals surface area contributed by atoms with E-state index in [4.69, 9.17) is 0 Å². The summed E-state index contributed by atoms with van der Waals surface area (Å²) in [5.41, 5.74) is 0.231. The van der Waals surface area contributed by atoms with Crippen LogP contribution in [-0.2, 0) is 20.9 Å². The molecule has 0 aromatic heterocycles. The summed E-state index contributed by atoms with van der Waals surface area (Å²) in [6.07, 6.45) is -3.96. The lowest BCUT2D eigenvalue weighted by Crippen LogP contribution is -2.17. The molecule has 0 aliphatic rings. The van der Waals surface area contributed by atoms with Gasteiger partial charge in [0, 0.05) is 4.47 Å². The molecule has 0 heterocycles. The van der Waals surface area contributed by atoms with Gasteiger partial charge in [0.25, 0.3) is 10.1 Å². The molecule has 0 bridgehead atoms. The van der Waals surface area contributed by atoms with Crippen LogP contribution in [0.3, 0.4) is 0 Å². The van der Waals surface area contributed by atoms with Crippen LogP contribution >= 0.6 is 15.9 Å². The molecule has 18 heavy (non-hydrogen) atoms. The minimum absolute atomic E-state index is 0.231. The zero-order valence-corrected chi connectivity index (χ0v) is 11.4. The Labute approximate surface area is 110 Å². The Morgan fingerprint density at radius 2 is 1.89 bits per heavy atom. The number of halogens is 4. The van der Waals surface area contributed by atoms with Gasteiger partial charge in [-0.15, -0.1) is 13.2 Å². The summed E-state index contributed by atoms with van der Waals surface area (Å²) in [5.74, 6) is -0.455. The van der Waals surface area contributed by atoms with Crippen molar-refractivity contribution in [3.05, 3.63) is 28.2 Å². The van der Waals surface area contributed by atoms with Gasteiger partial charge in [0.1, 0.15) is 5.75 Å². The van der Waals surface area contributed by atoms with Crippen molar-refractivity contribution >= 4 is 26.0 Å². The molecule has 102 valence electrons. The third-order valence-corrected chi connectivity index (χ3v) is 2.61. The van der Waals surface area contributed by atoms with E-state index in [1.807, 2.05) is 0 Å². The molecule has 0 aliphatic carbocycles. The number of hydrogen-bond donors (Lipinski definition) is 0. The Bertz CT molecular complexity index is 527. The zero-order valence-electron chi connectivity index (χ0n) is 8.99. The van der Waals surface area contributed by atoms with Crippen LogP contribution in [-0.4, -0.2) is 21.0 Å². The monoisotopic (exact) mass is 348 g/mol. The Morgan fingerprint density at radius 3 is 2.39 bits per heavy atom. The summed E-state index contributed by atoms with van der Waals surface area (Å²) < 4.78 is 66.1. The van der Waals surface area contributed by atoms with E-state index in [-0.39, 0.29) is 12.2 Å². The van der Waals surface area contributed by atoms with Gasteiger partial charge >= 0.3 is 6.36 Å². The van der Waals surface area contributed by atoms with Crippen molar-refractivity contribution < 1.29 is 30.5 Å². The van der Waals surface area contributed by atoms with Crippen LogP contribution in [0.1, 0.15) is 5.56 Å². The molecule has 4 nitrogen and oxygen atoms in total. The Hall–Kier alpha value is -0.800. The average molecular weight is 349 g/mol. The van der Waals surface area contributed by atoms with E-state index >= 15 is 0 Å². The molecule has 0 N–H and O–H groups in total. The van der Waals surface area contributed by atoms with E-state index in [0.717, 1.165) is 18.4 Å². The van der Waals surface area contributed by atoms with E-state index in [1.54, 1.807) is 0 Å². The normalized spacial score (nSPS) is 12.5. The van der Waals surface area contributed by atoms with E-state index < -0.39 is 22.2 Å². The van der Waals surface area contributed by atoms with Crippen LogP contribution in [0, 0.1) is 0 Å². The molecule has 0 fully saturated rings. The standard InChI is InChI=1S/C9H8BrF3O4S/c1-18(14,15)16-5-6-2-7(10)4-8(3-6)17-9(11,12)13/h2-4H,5H2,1H3. The van der Waals surface area contributed by atoms with E-state index in [2.05, 4.69) is 24.8 Å². The Balaban J connectivity index is 2.87. The third kappa shape index (κ3) is 6.22. The minimum Gasteiger partial charge on any atom is -0.406 e. The first-order valence-electron chi connectivity index (χ1n) is 4.45. The predicted octanol–water partition coefficient (Wildman–Crippen LogP) is 2.82. The summed E-state index contributed by atoms with van der Waals surface area (Å²) in [5, 5.41) is 0. The lowest BCUT2D eigenvalue weighted by atomic mass is 10.2. The number of ether oxygens (including phenoxy) is 1. The lowest BCUT2D eigenvalue weighted by molar-refractivity contribution is -0.274. The molecule has 9 heteroatoms. The van der Waals surface area contributed by atoms with Crippen molar-refractivity contribution in [1.29, 1.82) is 0 Å². The maximum absolute atomic E-state index is 12.0. The molecule has 1 aromatic carbocycles. The molecule has 0 unspecified atom stereocenters. The molecule has 0 atom stereocenters. The second-order valence-electron chi connectivity index (χ2n) is 3.31. The number of alkyl halides is 3. The van der Waals surface area contributed by atoms with Gasteiger partial charge in [0.15, 0.2) is 0 Å². The highest BCUT2D eigenvalue weighted by Crippen LogP contribution is 2.27. The average Bonchev–Trinajstić information content (AvgIpc) is 2.09. The topological polar surface area (TPSA) is 52.6 Å². The van der Waals surface area contributed by atoms with Gasteiger partial charge in [0.05, 0.1) is 12.9 Å². The van der Waals surface area contributed by atoms with Crippen LogP contribution in [0.2, 0.25) is 0 Å². The molecule has 0 aliphatic heterocycles. The van der Waals surface area contributed by atoms with Crippen molar-refractivity contribution in [3.8, 4) is 5.75 Å². The summed E-state index contributed by atoms with van der Waals surface area (Å²) in [6.45, 7) is -0.369. The summed E-state index contributed by atoms with van der Waals surface area (Å²) in [6, 6.07) is 3.58. The molecular formula is C9H8BrF3O4S. The van der Waals surface area contributed by atoms with Gasteiger partial charge in [-0.3, -0.25) is 4.18 Å². The van der Waals surface area contributed by atoms with Gasteiger partial charge < -0.3 is 4.74 Å².